The van der Waals surface area contributed by atoms with Crippen LogP contribution in [0.1, 0.15) is 24.2 Å². The molecule has 1 aromatic carbocycles. The Morgan fingerprint density at radius 1 is 1.28 bits per heavy atom. The van der Waals surface area contributed by atoms with Crippen LogP contribution >= 0.6 is 11.6 Å². The largest absolute Gasteiger partial charge is 0.495 e. The first-order valence-corrected chi connectivity index (χ1v) is 5.71. The summed E-state index contributed by atoms with van der Waals surface area (Å²) in [6, 6.07) is 1.52. The summed E-state index contributed by atoms with van der Waals surface area (Å²) in [6.45, 7) is 3.47. The fourth-order valence-corrected chi connectivity index (χ4v) is 1.73. The number of anilines is 1. The Kier molecular flexibility index (Phi) is 4.67. The van der Waals surface area contributed by atoms with Crippen LogP contribution in [0.5, 0.6) is 11.5 Å². The van der Waals surface area contributed by atoms with Crippen LogP contribution < -0.4 is 15.2 Å². The van der Waals surface area contributed by atoms with Gasteiger partial charge in [-0.1, -0.05) is 11.6 Å². The van der Waals surface area contributed by atoms with Gasteiger partial charge in [0.15, 0.2) is 0 Å². The summed E-state index contributed by atoms with van der Waals surface area (Å²) >= 11 is 6.06. The van der Waals surface area contributed by atoms with Crippen molar-refractivity contribution in [3.63, 3.8) is 0 Å². The minimum atomic E-state index is -0.607. The van der Waals surface area contributed by atoms with Crippen molar-refractivity contribution in [1.29, 1.82) is 0 Å². The molecule has 0 saturated carbocycles. The molecule has 0 aromatic heterocycles. The zero-order chi connectivity index (χ0) is 13.9. The second-order valence-electron chi connectivity index (χ2n) is 3.84. The van der Waals surface area contributed by atoms with Crippen molar-refractivity contribution >= 4 is 23.3 Å². The molecule has 0 fully saturated rings. The highest BCUT2D eigenvalue weighted by molar-refractivity contribution is 6.36. The van der Waals surface area contributed by atoms with Gasteiger partial charge in [0.2, 0.25) is 0 Å². The highest BCUT2D eigenvalue weighted by Crippen LogP contribution is 2.39. The second-order valence-corrected chi connectivity index (χ2v) is 4.22. The number of hydrogen-bond acceptors (Lipinski definition) is 5. The number of carbonyl (C=O) groups is 1. The van der Waals surface area contributed by atoms with E-state index in [2.05, 4.69) is 0 Å². The lowest BCUT2D eigenvalue weighted by Crippen LogP contribution is -2.15. The number of methoxy groups -OCH3 is 2. The summed E-state index contributed by atoms with van der Waals surface area (Å²) < 4.78 is 15.2. The number of nitrogens with two attached hydrogens (primary N) is 1. The van der Waals surface area contributed by atoms with Gasteiger partial charge in [-0.25, -0.2) is 4.79 Å². The van der Waals surface area contributed by atoms with Gasteiger partial charge in [0.05, 0.1) is 31.0 Å². The smallest absolute Gasteiger partial charge is 0.342 e. The Morgan fingerprint density at radius 2 is 1.83 bits per heavy atom. The van der Waals surface area contributed by atoms with Gasteiger partial charge in [0.1, 0.15) is 17.1 Å². The number of benzene rings is 1. The lowest BCUT2D eigenvalue weighted by molar-refractivity contribution is 0.0378. The Balaban J connectivity index is 3.36. The quantitative estimate of drug-likeness (QED) is 0.674. The average molecular weight is 274 g/mol. The Morgan fingerprint density at radius 3 is 2.28 bits per heavy atom. The number of esters is 1. The molecule has 100 valence electrons. The van der Waals surface area contributed by atoms with Gasteiger partial charge in [0.25, 0.3) is 0 Å². The first-order valence-electron chi connectivity index (χ1n) is 5.33. The van der Waals surface area contributed by atoms with Crippen molar-refractivity contribution in [3.05, 3.63) is 16.7 Å². The number of rotatable bonds is 4. The molecule has 6 heteroatoms. The molecule has 0 unspecified atom stereocenters. The second kappa shape index (κ2) is 5.82. The maximum atomic E-state index is 11.9. The molecule has 0 amide bonds. The summed E-state index contributed by atoms with van der Waals surface area (Å²) in [7, 11) is 2.88. The number of hydrogen-bond donors (Lipinski definition) is 1. The van der Waals surface area contributed by atoms with E-state index in [9.17, 15) is 4.79 Å². The zero-order valence-electron chi connectivity index (χ0n) is 10.7. The van der Waals surface area contributed by atoms with Crippen molar-refractivity contribution in [2.24, 2.45) is 0 Å². The van der Waals surface area contributed by atoms with E-state index >= 15 is 0 Å². The van der Waals surface area contributed by atoms with Gasteiger partial charge in [0, 0.05) is 6.07 Å². The van der Waals surface area contributed by atoms with Gasteiger partial charge < -0.3 is 19.9 Å². The molecule has 0 aliphatic heterocycles. The van der Waals surface area contributed by atoms with Crippen LogP contribution in [0.15, 0.2) is 6.07 Å². The Bertz CT molecular complexity index is 432. The van der Waals surface area contributed by atoms with Crippen molar-refractivity contribution < 1.29 is 19.0 Å². The third-order valence-corrected chi connectivity index (χ3v) is 2.59. The molecule has 1 aromatic rings. The molecule has 2 N–H and O–H groups in total. The third-order valence-electron chi connectivity index (χ3n) is 2.22. The molecule has 18 heavy (non-hydrogen) atoms. The highest BCUT2D eigenvalue weighted by Gasteiger charge is 2.23. The number of ether oxygens (including phenoxy) is 3. The van der Waals surface area contributed by atoms with E-state index in [-0.39, 0.29) is 22.4 Å². The van der Waals surface area contributed by atoms with Gasteiger partial charge in [-0.3, -0.25) is 0 Å². The summed E-state index contributed by atoms with van der Waals surface area (Å²) in [5.74, 6) is 0.00933. The van der Waals surface area contributed by atoms with E-state index in [1.807, 2.05) is 0 Å². The first-order chi connectivity index (χ1) is 8.42. The topological polar surface area (TPSA) is 70.8 Å². The number of halogens is 1. The van der Waals surface area contributed by atoms with Crippen LogP contribution in [0.2, 0.25) is 5.02 Å². The van der Waals surface area contributed by atoms with Crippen molar-refractivity contribution in [3.8, 4) is 11.5 Å². The van der Waals surface area contributed by atoms with Crippen molar-refractivity contribution in [1.82, 2.24) is 0 Å². The van der Waals surface area contributed by atoms with Crippen LogP contribution in [0.25, 0.3) is 0 Å². The van der Waals surface area contributed by atoms with Crippen LogP contribution in [0, 0.1) is 0 Å². The van der Waals surface area contributed by atoms with E-state index in [4.69, 9.17) is 31.5 Å². The summed E-state index contributed by atoms with van der Waals surface area (Å²) in [5.41, 5.74) is 6.02. The van der Waals surface area contributed by atoms with Crippen molar-refractivity contribution in [2.75, 3.05) is 20.0 Å². The minimum absolute atomic E-state index is 0.0570. The first kappa shape index (κ1) is 14.4. The van der Waals surface area contributed by atoms with Crippen LogP contribution in [0.3, 0.4) is 0 Å². The molecule has 0 atom stereocenters. The molecule has 5 nitrogen and oxygen atoms in total. The predicted octanol–water partition coefficient (Wildman–Crippen LogP) is 2.50. The zero-order valence-corrected chi connectivity index (χ0v) is 11.5. The molecule has 0 heterocycles. The van der Waals surface area contributed by atoms with Gasteiger partial charge in [-0.15, -0.1) is 0 Å². The van der Waals surface area contributed by atoms with Crippen molar-refractivity contribution in [2.45, 2.75) is 20.0 Å². The molecular formula is C12H16ClNO4. The molecular weight excluding hydrogens is 258 g/mol. The molecule has 0 bridgehead atoms. The molecule has 0 spiro atoms. The summed E-state index contributed by atoms with van der Waals surface area (Å²) in [4.78, 5) is 11.9. The lowest BCUT2D eigenvalue weighted by atomic mass is 10.1. The number of carbonyl (C=O) groups excluding carboxylic acids is 1. The molecule has 0 saturated heterocycles. The van der Waals surface area contributed by atoms with E-state index in [1.165, 1.54) is 20.3 Å². The standard InChI is InChI=1S/C12H16ClNO4/c1-6(2)18-12(15)9-10(13)7(16-3)5-8(17-4)11(9)14/h5-6H,14H2,1-4H3. The lowest BCUT2D eigenvalue weighted by Gasteiger charge is -2.15. The summed E-state index contributed by atoms with van der Waals surface area (Å²) in [6.07, 6.45) is -0.273. The predicted molar refractivity (Wildman–Crippen MR) is 69.5 cm³/mol. The average Bonchev–Trinajstić information content (AvgIpc) is 2.28. The number of nitrogen functional groups attached to an aromatic ring is 1. The fraction of sp³-hybridized carbons (Fsp3) is 0.417. The van der Waals surface area contributed by atoms with Gasteiger partial charge in [-0.2, -0.15) is 0 Å². The minimum Gasteiger partial charge on any atom is -0.495 e. The Hall–Kier alpha value is -1.62. The van der Waals surface area contributed by atoms with Gasteiger partial charge >= 0.3 is 5.97 Å². The van der Waals surface area contributed by atoms with Crippen LogP contribution in [-0.4, -0.2) is 26.3 Å². The third kappa shape index (κ3) is 2.79. The fourth-order valence-electron chi connectivity index (χ4n) is 1.41. The molecule has 1 rings (SSSR count). The molecule has 0 radical (unpaired) electrons. The van der Waals surface area contributed by atoms with E-state index < -0.39 is 5.97 Å². The van der Waals surface area contributed by atoms with E-state index in [0.717, 1.165) is 0 Å². The molecule has 0 aliphatic carbocycles. The van der Waals surface area contributed by atoms with Gasteiger partial charge in [-0.05, 0) is 13.8 Å². The normalized spacial score (nSPS) is 10.3. The molecule has 0 aliphatic rings. The highest BCUT2D eigenvalue weighted by atomic mass is 35.5. The van der Waals surface area contributed by atoms with E-state index in [0.29, 0.717) is 11.5 Å². The monoisotopic (exact) mass is 273 g/mol. The van der Waals surface area contributed by atoms with Crippen LogP contribution in [-0.2, 0) is 4.74 Å². The maximum Gasteiger partial charge on any atom is 0.342 e. The summed E-state index contributed by atoms with van der Waals surface area (Å²) in [5, 5.41) is 0.112. The maximum absolute atomic E-state index is 11.9. The van der Waals surface area contributed by atoms with E-state index in [1.54, 1.807) is 13.8 Å². The van der Waals surface area contributed by atoms with Crippen LogP contribution in [0.4, 0.5) is 5.69 Å². The Labute approximate surface area is 111 Å². The SMILES string of the molecule is COc1cc(OC)c(Cl)c(C(=O)OC(C)C)c1N.